The molecule has 1 rings (SSSR count). The molecule has 0 aliphatic carbocycles. The van der Waals surface area contributed by atoms with Gasteiger partial charge in [-0.1, -0.05) is 48.0 Å². The molecule has 0 spiro atoms. The topological polar surface area (TPSA) is 57.5 Å². The van der Waals surface area contributed by atoms with Gasteiger partial charge >= 0.3 is 5.97 Å². The van der Waals surface area contributed by atoms with E-state index in [1.807, 2.05) is 0 Å². The van der Waals surface area contributed by atoms with Gasteiger partial charge in [0.25, 0.3) is 0 Å². The van der Waals surface area contributed by atoms with Gasteiger partial charge in [-0.15, -0.1) is 11.8 Å². The number of carboxylic acid groups (broad SMARTS) is 1. The zero-order valence-corrected chi connectivity index (χ0v) is 16.7. The van der Waals surface area contributed by atoms with Gasteiger partial charge in [0.2, 0.25) is 0 Å². The summed E-state index contributed by atoms with van der Waals surface area (Å²) in [6, 6.07) is 4.21. The first kappa shape index (κ1) is 20.9. The molecule has 3 nitrogen and oxygen atoms in total. The quantitative estimate of drug-likeness (QED) is 0.486. The highest BCUT2D eigenvalue weighted by Crippen LogP contribution is 2.41. The van der Waals surface area contributed by atoms with Gasteiger partial charge in [-0.2, -0.15) is 0 Å². The number of aliphatic carboxylic acids is 1. The molecule has 4 heteroatoms. The van der Waals surface area contributed by atoms with Gasteiger partial charge in [0.1, 0.15) is 5.75 Å². The Morgan fingerprint density at radius 1 is 0.958 bits per heavy atom. The SMILES string of the molecule is CC(C)(C)c1cc(SCCCCCC(=O)O)cc(C(C)(C)C)c1O. The number of carboxylic acids is 1. The fourth-order valence-electron chi connectivity index (χ4n) is 2.58. The van der Waals surface area contributed by atoms with Crippen molar-refractivity contribution in [1.29, 1.82) is 0 Å². The van der Waals surface area contributed by atoms with E-state index in [2.05, 4.69) is 53.7 Å². The van der Waals surface area contributed by atoms with Crippen molar-refractivity contribution in [1.82, 2.24) is 0 Å². The van der Waals surface area contributed by atoms with Crippen LogP contribution in [0.1, 0.15) is 78.4 Å². The van der Waals surface area contributed by atoms with Gasteiger partial charge in [-0.05, 0) is 41.6 Å². The summed E-state index contributed by atoms with van der Waals surface area (Å²) < 4.78 is 0. The van der Waals surface area contributed by atoms with Crippen molar-refractivity contribution in [3.05, 3.63) is 23.3 Å². The van der Waals surface area contributed by atoms with Crippen molar-refractivity contribution in [3.63, 3.8) is 0 Å². The highest BCUT2D eigenvalue weighted by Gasteiger charge is 2.26. The van der Waals surface area contributed by atoms with Crippen LogP contribution in [0.15, 0.2) is 17.0 Å². The van der Waals surface area contributed by atoms with Crippen molar-refractivity contribution >= 4 is 17.7 Å². The molecule has 2 N–H and O–H groups in total. The first-order chi connectivity index (χ1) is 10.9. The molecule has 0 atom stereocenters. The summed E-state index contributed by atoms with van der Waals surface area (Å²) in [5.74, 6) is 0.670. The van der Waals surface area contributed by atoms with E-state index in [0.717, 1.165) is 36.1 Å². The molecule has 0 saturated carbocycles. The van der Waals surface area contributed by atoms with E-state index >= 15 is 0 Å². The third kappa shape index (κ3) is 6.39. The van der Waals surface area contributed by atoms with Crippen LogP contribution in [0.4, 0.5) is 0 Å². The van der Waals surface area contributed by atoms with Gasteiger partial charge in [-0.3, -0.25) is 4.79 Å². The van der Waals surface area contributed by atoms with E-state index in [-0.39, 0.29) is 17.3 Å². The van der Waals surface area contributed by atoms with E-state index in [4.69, 9.17) is 5.11 Å². The summed E-state index contributed by atoms with van der Waals surface area (Å²) in [6.07, 6.45) is 2.95. The maximum Gasteiger partial charge on any atom is 0.303 e. The lowest BCUT2D eigenvalue weighted by atomic mass is 9.79. The van der Waals surface area contributed by atoms with Gasteiger partial charge in [0.15, 0.2) is 0 Å². The molecule has 0 saturated heterocycles. The third-order valence-corrected chi connectivity index (χ3v) is 5.07. The molecule has 0 bridgehead atoms. The predicted molar refractivity (Wildman–Crippen MR) is 102 cm³/mol. The number of hydrogen-bond acceptors (Lipinski definition) is 3. The Morgan fingerprint density at radius 2 is 1.46 bits per heavy atom. The largest absolute Gasteiger partial charge is 0.507 e. The maximum atomic E-state index is 10.7. The van der Waals surface area contributed by atoms with Crippen LogP contribution < -0.4 is 0 Å². The van der Waals surface area contributed by atoms with E-state index in [9.17, 15) is 9.90 Å². The molecule has 0 heterocycles. The Labute approximate surface area is 150 Å². The van der Waals surface area contributed by atoms with Crippen molar-refractivity contribution < 1.29 is 15.0 Å². The number of carbonyl (C=O) groups is 1. The van der Waals surface area contributed by atoms with Gasteiger partial charge in [0.05, 0.1) is 0 Å². The van der Waals surface area contributed by atoms with Crippen molar-refractivity contribution in [2.75, 3.05) is 5.75 Å². The number of phenolic OH excluding ortho intramolecular Hbond substituents is 1. The zero-order valence-electron chi connectivity index (χ0n) is 15.9. The van der Waals surface area contributed by atoms with E-state index in [1.165, 1.54) is 4.90 Å². The van der Waals surface area contributed by atoms with Gasteiger partial charge in [-0.25, -0.2) is 0 Å². The van der Waals surface area contributed by atoms with Crippen molar-refractivity contribution in [2.45, 2.75) is 83.0 Å². The van der Waals surface area contributed by atoms with E-state index < -0.39 is 5.97 Å². The first-order valence-electron chi connectivity index (χ1n) is 8.65. The molecular weight excluding hydrogens is 320 g/mol. The molecule has 0 aliphatic rings. The Hall–Kier alpha value is -1.16. The van der Waals surface area contributed by atoms with Crippen LogP contribution in [0, 0.1) is 0 Å². The van der Waals surface area contributed by atoms with Gasteiger partial charge in [0, 0.05) is 22.4 Å². The fourth-order valence-corrected chi connectivity index (χ4v) is 3.57. The van der Waals surface area contributed by atoms with Crippen LogP contribution in [0.5, 0.6) is 5.75 Å². The summed E-state index contributed by atoms with van der Waals surface area (Å²) in [4.78, 5) is 11.7. The Bertz CT molecular complexity index is 530. The molecule has 0 fully saturated rings. The molecule has 1 aromatic rings. The third-order valence-electron chi connectivity index (χ3n) is 4.00. The van der Waals surface area contributed by atoms with Crippen LogP contribution in [-0.2, 0) is 15.6 Å². The first-order valence-corrected chi connectivity index (χ1v) is 9.64. The summed E-state index contributed by atoms with van der Waals surface area (Å²) >= 11 is 1.79. The minimum Gasteiger partial charge on any atom is -0.507 e. The molecule has 0 aliphatic heterocycles. The Kier molecular flexibility index (Phi) is 7.21. The highest BCUT2D eigenvalue weighted by atomic mass is 32.2. The van der Waals surface area contributed by atoms with Crippen LogP contribution >= 0.6 is 11.8 Å². The van der Waals surface area contributed by atoms with Crippen LogP contribution in [0.3, 0.4) is 0 Å². The Morgan fingerprint density at radius 3 is 1.88 bits per heavy atom. The predicted octanol–water partition coefficient (Wildman–Crippen LogP) is 5.72. The van der Waals surface area contributed by atoms with E-state index in [0.29, 0.717) is 5.75 Å². The monoisotopic (exact) mass is 352 g/mol. The molecule has 0 unspecified atom stereocenters. The van der Waals surface area contributed by atoms with Crippen LogP contribution in [-0.4, -0.2) is 21.9 Å². The number of unbranched alkanes of at least 4 members (excludes halogenated alkanes) is 2. The highest BCUT2D eigenvalue weighted by molar-refractivity contribution is 7.99. The van der Waals surface area contributed by atoms with E-state index in [1.54, 1.807) is 11.8 Å². The molecule has 24 heavy (non-hydrogen) atoms. The Balaban J connectivity index is 2.86. The number of hydrogen-bond donors (Lipinski definition) is 2. The second-order valence-electron chi connectivity index (χ2n) is 8.42. The number of thioether (sulfide) groups is 1. The molecule has 1 aromatic carbocycles. The number of rotatable bonds is 7. The van der Waals surface area contributed by atoms with Crippen LogP contribution in [0.25, 0.3) is 0 Å². The molecule has 0 amide bonds. The van der Waals surface area contributed by atoms with Crippen molar-refractivity contribution in [2.24, 2.45) is 0 Å². The molecular formula is C20H32O3S. The maximum absolute atomic E-state index is 10.7. The second-order valence-corrected chi connectivity index (χ2v) is 9.59. The van der Waals surface area contributed by atoms with Crippen LogP contribution in [0.2, 0.25) is 0 Å². The molecule has 0 aromatic heterocycles. The average Bonchev–Trinajstić information content (AvgIpc) is 2.41. The summed E-state index contributed by atoms with van der Waals surface area (Å²) in [6.45, 7) is 12.7. The standard InChI is InChI=1S/C20H32O3S/c1-19(2,3)15-12-14(13-16(18(15)23)20(4,5)6)24-11-9-7-8-10-17(21)22/h12-13,23H,7-11H2,1-6H3,(H,21,22). The zero-order chi connectivity index (χ0) is 18.5. The number of benzene rings is 1. The minimum absolute atomic E-state index is 0.109. The smallest absolute Gasteiger partial charge is 0.303 e. The molecule has 0 radical (unpaired) electrons. The lowest BCUT2D eigenvalue weighted by molar-refractivity contribution is -0.137. The lowest BCUT2D eigenvalue weighted by Gasteiger charge is -2.28. The van der Waals surface area contributed by atoms with Gasteiger partial charge < -0.3 is 10.2 Å². The van der Waals surface area contributed by atoms with Crippen molar-refractivity contribution in [3.8, 4) is 5.75 Å². The fraction of sp³-hybridized carbons (Fsp3) is 0.650. The summed E-state index contributed by atoms with van der Waals surface area (Å²) in [7, 11) is 0. The number of aromatic hydroxyl groups is 1. The lowest BCUT2D eigenvalue weighted by Crippen LogP contribution is -2.17. The summed E-state index contributed by atoms with van der Waals surface area (Å²) in [5.41, 5.74) is 1.76. The summed E-state index contributed by atoms with van der Waals surface area (Å²) in [5, 5.41) is 19.4. The normalized spacial score (nSPS) is 12.4. The number of phenols is 1. The average molecular weight is 353 g/mol. The minimum atomic E-state index is -0.717. The molecule has 136 valence electrons. The second kappa shape index (κ2) is 8.28.